The van der Waals surface area contributed by atoms with Crippen molar-refractivity contribution in [2.75, 3.05) is 13.1 Å². The summed E-state index contributed by atoms with van der Waals surface area (Å²) >= 11 is 3.59. The van der Waals surface area contributed by atoms with Crippen LogP contribution in [-0.2, 0) is 12.0 Å². The highest BCUT2D eigenvalue weighted by molar-refractivity contribution is 7.15. The first kappa shape index (κ1) is 15.3. The third-order valence-corrected chi connectivity index (χ3v) is 6.97. The first-order valence-corrected chi connectivity index (χ1v) is 9.87. The fraction of sp³-hybridized carbons (Fsp3) is 0.529. The molecule has 3 aromatic rings. The molecule has 1 fully saturated rings. The standard InChI is InChI=1S/C17H22N4S2/c1-12-14(23-11-18-12)10-20-6-4-17(3,5-7-20)15-16-21(8-9-22-16)13(2)19-15/h8-9,11H,4-7,10H2,1-3H3. The lowest BCUT2D eigenvalue weighted by Crippen LogP contribution is -2.40. The van der Waals surface area contributed by atoms with Gasteiger partial charge in [0.25, 0.3) is 0 Å². The number of rotatable bonds is 3. The number of hydrogen-bond acceptors (Lipinski definition) is 5. The van der Waals surface area contributed by atoms with Gasteiger partial charge in [0, 0.05) is 28.4 Å². The fourth-order valence-electron chi connectivity index (χ4n) is 3.48. The molecule has 0 amide bonds. The van der Waals surface area contributed by atoms with Gasteiger partial charge in [0.05, 0.1) is 16.9 Å². The Morgan fingerprint density at radius 2 is 2.00 bits per heavy atom. The van der Waals surface area contributed by atoms with Crippen molar-refractivity contribution in [1.29, 1.82) is 0 Å². The number of piperidine rings is 1. The summed E-state index contributed by atoms with van der Waals surface area (Å²) < 4.78 is 2.23. The van der Waals surface area contributed by atoms with Crippen molar-refractivity contribution < 1.29 is 0 Å². The predicted octanol–water partition coefficient (Wildman–Crippen LogP) is 4.02. The van der Waals surface area contributed by atoms with E-state index in [0.717, 1.165) is 25.5 Å². The van der Waals surface area contributed by atoms with Crippen LogP contribution in [-0.4, -0.2) is 32.4 Å². The monoisotopic (exact) mass is 346 g/mol. The number of hydrogen-bond donors (Lipinski definition) is 0. The SMILES string of the molecule is Cc1ncsc1CN1CCC(C)(c2nc(C)n3ccsc23)CC1. The van der Waals surface area contributed by atoms with Crippen molar-refractivity contribution in [2.45, 2.75) is 45.6 Å². The van der Waals surface area contributed by atoms with Crippen molar-refractivity contribution in [3.05, 3.63) is 39.2 Å². The Labute approximate surface area is 144 Å². The van der Waals surface area contributed by atoms with Crippen molar-refractivity contribution in [2.24, 2.45) is 0 Å². The number of fused-ring (bicyclic) bond motifs is 1. The van der Waals surface area contributed by atoms with Crippen LogP contribution in [0.5, 0.6) is 0 Å². The second-order valence-electron chi connectivity index (χ2n) is 6.78. The minimum Gasteiger partial charge on any atom is -0.298 e. The average molecular weight is 347 g/mol. The molecular weight excluding hydrogens is 324 g/mol. The molecule has 0 unspecified atom stereocenters. The van der Waals surface area contributed by atoms with E-state index >= 15 is 0 Å². The Balaban J connectivity index is 1.52. The Morgan fingerprint density at radius 1 is 1.22 bits per heavy atom. The molecule has 0 radical (unpaired) electrons. The van der Waals surface area contributed by atoms with E-state index in [9.17, 15) is 0 Å². The van der Waals surface area contributed by atoms with Crippen LogP contribution < -0.4 is 0 Å². The summed E-state index contributed by atoms with van der Waals surface area (Å²) in [6.07, 6.45) is 4.49. The van der Waals surface area contributed by atoms with E-state index in [0.29, 0.717) is 0 Å². The maximum Gasteiger partial charge on any atom is 0.123 e. The molecule has 3 aromatic heterocycles. The first-order valence-electron chi connectivity index (χ1n) is 8.11. The van der Waals surface area contributed by atoms with Crippen LogP contribution in [0.3, 0.4) is 0 Å². The van der Waals surface area contributed by atoms with Gasteiger partial charge in [0.1, 0.15) is 10.7 Å². The smallest absolute Gasteiger partial charge is 0.123 e. The number of thiazole rings is 2. The van der Waals surface area contributed by atoms with E-state index in [1.54, 1.807) is 11.3 Å². The number of likely N-dealkylation sites (tertiary alicyclic amines) is 1. The van der Waals surface area contributed by atoms with E-state index in [1.807, 2.05) is 16.8 Å². The highest BCUT2D eigenvalue weighted by Crippen LogP contribution is 2.38. The van der Waals surface area contributed by atoms with Gasteiger partial charge in [-0.25, -0.2) is 9.97 Å². The molecule has 0 aliphatic carbocycles. The molecule has 0 bridgehead atoms. The Hall–Kier alpha value is -1.24. The fourth-order valence-corrected chi connectivity index (χ4v) is 5.32. The van der Waals surface area contributed by atoms with Gasteiger partial charge < -0.3 is 0 Å². The molecule has 0 spiro atoms. The highest BCUT2D eigenvalue weighted by atomic mass is 32.1. The summed E-state index contributed by atoms with van der Waals surface area (Å²) in [6, 6.07) is 0. The summed E-state index contributed by atoms with van der Waals surface area (Å²) in [4.78, 5) is 14.6. The zero-order valence-corrected chi connectivity index (χ0v) is 15.5. The normalized spacial score (nSPS) is 18.7. The van der Waals surface area contributed by atoms with Crippen molar-refractivity contribution >= 4 is 27.5 Å². The van der Waals surface area contributed by atoms with Gasteiger partial charge >= 0.3 is 0 Å². The van der Waals surface area contributed by atoms with Gasteiger partial charge in [0.15, 0.2) is 0 Å². The van der Waals surface area contributed by atoms with Crippen LogP contribution in [0.25, 0.3) is 4.83 Å². The summed E-state index contributed by atoms with van der Waals surface area (Å²) in [7, 11) is 0. The summed E-state index contributed by atoms with van der Waals surface area (Å²) in [5.41, 5.74) is 4.65. The molecule has 4 nitrogen and oxygen atoms in total. The van der Waals surface area contributed by atoms with Crippen LogP contribution in [0.4, 0.5) is 0 Å². The summed E-state index contributed by atoms with van der Waals surface area (Å²) in [6.45, 7) is 9.93. The minimum absolute atomic E-state index is 0.198. The number of aryl methyl sites for hydroxylation is 2. The molecule has 4 rings (SSSR count). The Kier molecular flexibility index (Phi) is 3.78. The van der Waals surface area contributed by atoms with Gasteiger partial charge in [-0.3, -0.25) is 9.30 Å². The first-order chi connectivity index (χ1) is 11.1. The van der Waals surface area contributed by atoms with E-state index < -0.39 is 0 Å². The van der Waals surface area contributed by atoms with E-state index in [1.165, 1.54) is 33.9 Å². The van der Waals surface area contributed by atoms with Crippen molar-refractivity contribution in [3.63, 3.8) is 0 Å². The molecule has 0 aromatic carbocycles. The second-order valence-corrected chi connectivity index (χ2v) is 8.62. The molecule has 0 saturated carbocycles. The Bertz CT molecular complexity index is 821. The Morgan fingerprint density at radius 3 is 2.70 bits per heavy atom. The maximum atomic E-state index is 4.91. The molecule has 23 heavy (non-hydrogen) atoms. The zero-order valence-electron chi connectivity index (χ0n) is 13.9. The third kappa shape index (κ3) is 2.62. The quantitative estimate of drug-likeness (QED) is 0.718. The van der Waals surface area contributed by atoms with E-state index in [4.69, 9.17) is 4.98 Å². The number of imidazole rings is 1. The number of aromatic nitrogens is 3. The lowest BCUT2D eigenvalue weighted by atomic mass is 9.78. The molecule has 1 saturated heterocycles. The minimum atomic E-state index is 0.198. The van der Waals surface area contributed by atoms with Gasteiger partial charge in [-0.1, -0.05) is 6.92 Å². The van der Waals surface area contributed by atoms with Gasteiger partial charge in [-0.05, 0) is 39.8 Å². The third-order valence-electron chi connectivity index (χ3n) is 5.18. The van der Waals surface area contributed by atoms with Crippen LogP contribution in [0, 0.1) is 13.8 Å². The van der Waals surface area contributed by atoms with Crippen molar-refractivity contribution in [3.8, 4) is 0 Å². The topological polar surface area (TPSA) is 33.4 Å². The maximum absolute atomic E-state index is 4.91. The lowest BCUT2D eigenvalue weighted by Gasteiger charge is -2.38. The molecule has 122 valence electrons. The molecule has 1 aliphatic rings. The van der Waals surface area contributed by atoms with E-state index in [-0.39, 0.29) is 5.41 Å². The van der Waals surface area contributed by atoms with E-state index in [2.05, 4.69) is 46.6 Å². The molecule has 4 heterocycles. The second kappa shape index (κ2) is 5.69. The molecule has 1 aliphatic heterocycles. The molecule has 0 N–H and O–H groups in total. The average Bonchev–Trinajstić information content (AvgIpc) is 3.22. The van der Waals surface area contributed by atoms with Gasteiger partial charge in [-0.2, -0.15) is 0 Å². The highest BCUT2D eigenvalue weighted by Gasteiger charge is 2.36. The number of nitrogens with zero attached hydrogens (tertiary/aromatic N) is 4. The molecular formula is C17H22N4S2. The van der Waals surface area contributed by atoms with Crippen LogP contribution >= 0.6 is 22.7 Å². The lowest BCUT2D eigenvalue weighted by molar-refractivity contribution is 0.161. The van der Waals surface area contributed by atoms with Crippen LogP contribution in [0.1, 0.15) is 41.9 Å². The van der Waals surface area contributed by atoms with Gasteiger partial charge in [-0.15, -0.1) is 22.7 Å². The van der Waals surface area contributed by atoms with Crippen LogP contribution in [0.2, 0.25) is 0 Å². The molecule has 6 heteroatoms. The zero-order chi connectivity index (χ0) is 16.0. The largest absolute Gasteiger partial charge is 0.298 e. The predicted molar refractivity (Wildman–Crippen MR) is 96.5 cm³/mol. The summed E-state index contributed by atoms with van der Waals surface area (Å²) in [5, 5.41) is 2.17. The van der Waals surface area contributed by atoms with Gasteiger partial charge in [0.2, 0.25) is 0 Å². The van der Waals surface area contributed by atoms with Crippen molar-refractivity contribution in [1.82, 2.24) is 19.3 Å². The van der Waals surface area contributed by atoms with Crippen LogP contribution in [0.15, 0.2) is 17.1 Å². The summed E-state index contributed by atoms with van der Waals surface area (Å²) in [5.74, 6) is 1.11. The molecule has 0 atom stereocenters.